The lowest BCUT2D eigenvalue weighted by atomic mass is 9.86. The van der Waals surface area contributed by atoms with Crippen LogP contribution in [-0.2, 0) is 4.79 Å². The lowest BCUT2D eigenvalue weighted by Crippen LogP contribution is -2.41. The van der Waals surface area contributed by atoms with Gasteiger partial charge in [0.05, 0.1) is 12.6 Å². The van der Waals surface area contributed by atoms with Crippen molar-refractivity contribution in [3.63, 3.8) is 0 Å². The van der Waals surface area contributed by atoms with Crippen molar-refractivity contribution in [2.45, 2.75) is 44.6 Å². The highest BCUT2D eigenvalue weighted by Crippen LogP contribution is 2.24. The first-order valence-electron chi connectivity index (χ1n) is 7.31. The molecule has 1 aliphatic carbocycles. The molecule has 4 nitrogen and oxygen atoms in total. The van der Waals surface area contributed by atoms with Gasteiger partial charge in [0.25, 0.3) is 0 Å². The minimum Gasteiger partial charge on any atom is -0.393 e. The lowest BCUT2D eigenvalue weighted by molar-refractivity contribution is -0.131. The van der Waals surface area contributed by atoms with Crippen LogP contribution in [0.15, 0.2) is 0 Å². The van der Waals surface area contributed by atoms with Gasteiger partial charge in [-0.1, -0.05) is 12.8 Å². The zero-order chi connectivity index (χ0) is 13.0. The lowest BCUT2D eigenvalue weighted by Gasteiger charge is -2.31. The Kier molecular flexibility index (Phi) is 5.01. The Morgan fingerprint density at radius 2 is 1.89 bits per heavy atom. The van der Waals surface area contributed by atoms with E-state index < -0.39 is 0 Å². The van der Waals surface area contributed by atoms with E-state index in [0.29, 0.717) is 12.5 Å². The number of amides is 1. The smallest absolute Gasteiger partial charge is 0.236 e. The first-order chi connectivity index (χ1) is 8.66. The number of nitrogens with zero attached hydrogens (tertiary/aromatic N) is 2. The van der Waals surface area contributed by atoms with Gasteiger partial charge in [0.15, 0.2) is 0 Å². The minimum atomic E-state index is -0.164. The van der Waals surface area contributed by atoms with Gasteiger partial charge in [-0.25, -0.2) is 0 Å². The van der Waals surface area contributed by atoms with Crippen LogP contribution in [0.3, 0.4) is 0 Å². The van der Waals surface area contributed by atoms with E-state index in [4.69, 9.17) is 0 Å². The van der Waals surface area contributed by atoms with Gasteiger partial charge in [0, 0.05) is 19.6 Å². The number of rotatable bonds is 4. The molecule has 0 aromatic heterocycles. The number of likely N-dealkylation sites (tertiary alicyclic amines) is 1. The van der Waals surface area contributed by atoms with Crippen molar-refractivity contribution in [2.24, 2.45) is 5.92 Å². The molecule has 104 valence electrons. The average Bonchev–Trinajstić information content (AvgIpc) is 2.85. The summed E-state index contributed by atoms with van der Waals surface area (Å²) in [6.07, 6.45) is 6.53. The number of carbonyl (C=O) groups excluding carboxylic acids is 1. The van der Waals surface area contributed by atoms with E-state index in [9.17, 15) is 9.90 Å². The van der Waals surface area contributed by atoms with Gasteiger partial charge >= 0.3 is 0 Å². The predicted octanol–water partition coefficient (Wildman–Crippen LogP) is 1.09. The van der Waals surface area contributed by atoms with Crippen LogP contribution in [0.5, 0.6) is 0 Å². The SMILES string of the molecule is CN(CC(=O)N1CCCC1)CC1CCCCC1O. The molecule has 1 N–H and O–H groups in total. The summed E-state index contributed by atoms with van der Waals surface area (Å²) < 4.78 is 0. The van der Waals surface area contributed by atoms with E-state index >= 15 is 0 Å². The fourth-order valence-corrected chi connectivity index (χ4v) is 3.16. The molecule has 1 saturated carbocycles. The van der Waals surface area contributed by atoms with Crippen molar-refractivity contribution in [1.29, 1.82) is 0 Å². The second kappa shape index (κ2) is 6.53. The van der Waals surface area contributed by atoms with Crippen molar-refractivity contribution >= 4 is 5.91 Å². The van der Waals surface area contributed by atoms with Crippen LogP contribution in [0, 0.1) is 5.92 Å². The Bertz CT molecular complexity index is 277. The highest BCUT2D eigenvalue weighted by Gasteiger charge is 2.25. The monoisotopic (exact) mass is 254 g/mol. The number of aliphatic hydroxyl groups excluding tert-OH is 1. The summed E-state index contributed by atoms with van der Waals surface area (Å²) >= 11 is 0. The van der Waals surface area contributed by atoms with Crippen LogP contribution in [0.25, 0.3) is 0 Å². The van der Waals surface area contributed by atoms with Crippen LogP contribution < -0.4 is 0 Å². The van der Waals surface area contributed by atoms with Gasteiger partial charge < -0.3 is 10.0 Å². The van der Waals surface area contributed by atoms with Crippen molar-refractivity contribution in [1.82, 2.24) is 9.80 Å². The van der Waals surface area contributed by atoms with E-state index in [2.05, 4.69) is 4.90 Å². The van der Waals surface area contributed by atoms with Crippen molar-refractivity contribution in [3.05, 3.63) is 0 Å². The summed E-state index contributed by atoms with van der Waals surface area (Å²) in [5.74, 6) is 0.607. The highest BCUT2D eigenvalue weighted by molar-refractivity contribution is 5.78. The summed E-state index contributed by atoms with van der Waals surface area (Å²) in [6.45, 7) is 3.21. The molecule has 1 saturated heterocycles. The third-order valence-corrected chi connectivity index (χ3v) is 4.28. The summed E-state index contributed by atoms with van der Waals surface area (Å²) in [4.78, 5) is 16.0. The minimum absolute atomic E-state index is 0.164. The zero-order valence-corrected chi connectivity index (χ0v) is 11.5. The van der Waals surface area contributed by atoms with E-state index in [1.54, 1.807) is 0 Å². The Balaban J connectivity index is 1.73. The van der Waals surface area contributed by atoms with Gasteiger partial charge in [-0.2, -0.15) is 0 Å². The molecule has 18 heavy (non-hydrogen) atoms. The molecule has 2 rings (SSSR count). The van der Waals surface area contributed by atoms with Crippen molar-refractivity contribution in [3.8, 4) is 0 Å². The van der Waals surface area contributed by atoms with Crippen LogP contribution in [0.4, 0.5) is 0 Å². The molecule has 0 spiro atoms. The first-order valence-corrected chi connectivity index (χ1v) is 7.31. The Morgan fingerprint density at radius 1 is 1.22 bits per heavy atom. The number of aliphatic hydroxyl groups is 1. The molecule has 0 aromatic rings. The predicted molar refractivity (Wildman–Crippen MR) is 71.3 cm³/mol. The van der Waals surface area contributed by atoms with Gasteiger partial charge in [0.1, 0.15) is 0 Å². The summed E-state index contributed by atoms with van der Waals surface area (Å²) in [5, 5.41) is 9.94. The molecule has 1 amide bonds. The normalized spacial score (nSPS) is 28.9. The molecule has 2 fully saturated rings. The number of carbonyl (C=O) groups is 1. The quantitative estimate of drug-likeness (QED) is 0.817. The van der Waals surface area contributed by atoms with Crippen LogP contribution in [-0.4, -0.2) is 60.1 Å². The molecule has 2 aliphatic rings. The summed E-state index contributed by atoms with van der Waals surface area (Å²) in [5.41, 5.74) is 0. The first kappa shape index (κ1) is 13.8. The molecular formula is C14H26N2O2. The van der Waals surface area contributed by atoms with Gasteiger partial charge in [-0.05, 0) is 38.6 Å². The van der Waals surface area contributed by atoms with E-state index in [0.717, 1.165) is 51.7 Å². The molecule has 4 heteroatoms. The Labute approximate surface area is 110 Å². The number of hydrogen-bond donors (Lipinski definition) is 1. The maximum Gasteiger partial charge on any atom is 0.236 e. The largest absolute Gasteiger partial charge is 0.393 e. The molecule has 1 heterocycles. The van der Waals surface area contributed by atoms with Crippen molar-refractivity contribution < 1.29 is 9.90 Å². The maximum atomic E-state index is 12.0. The molecule has 2 atom stereocenters. The average molecular weight is 254 g/mol. The standard InChI is InChI=1S/C14H26N2O2/c1-15(10-12-6-2-3-7-13(12)17)11-14(18)16-8-4-5-9-16/h12-13,17H,2-11H2,1H3. The second-order valence-electron chi connectivity index (χ2n) is 5.90. The topological polar surface area (TPSA) is 43.8 Å². The number of hydrogen-bond acceptors (Lipinski definition) is 3. The molecule has 0 bridgehead atoms. The third-order valence-electron chi connectivity index (χ3n) is 4.28. The van der Waals surface area contributed by atoms with E-state index in [-0.39, 0.29) is 12.0 Å². The molecule has 0 radical (unpaired) electrons. The molecular weight excluding hydrogens is 228 g/mol. The van der Waals surface area contributed by atoms with Crippen LogP contribution in [0.2, 0.25) is 0 Å². The highest BCUT2D eigenvalue weighted by atomic mass is 16.3. The summed E-state index contributed by atoms with van der Waals surface area (Å²) in [7, 11) is 2.00. The van der Waals surface area contributed by atoms with Crippen LogP contribution >= 0.6 is 0 Å². The van der Waals surface area contributed by atoms with Gasteiger partial charge in [-0.15, -0.1) is 0 Å². The molecule has 1 aliphatic heterocycles. The molecule has 0 aromatic carbocycles. The zero-order valence-electron chi connectivity index (χ0n) is 11.5. The Hall–Kier alpha value is -0.610. The maximum absolute atomic E-state index is 12.0. The van der Waals surface area contributed by atoms with Gasteiger partial charge in [-0.3, -0.25) is 9.69 Å². The second-order valence-corrected chi connectivity index (χ2v) is 5.90. The Morgan fingerprint density at radius 3 is 2.56 bits per heavy atom. The number of likely N-dealkylation sites (N-methyl/N-ethyl adjacent to an activating group) is 1. The van der Waals surface area contributed by atoms with E-state index in [1.165, 1.54) is 6.42 Å². The molecule has 2 unspecified atom stereocenters. The third kappa shape index (κ3) is 3.69. The fourth-order valence-electron chi connectivity index (χ4n) is 3.16. The van der Waals surface area contributed by atoms with Gasteiger partial charge in [0.2, 0.25) is 5.91 Å². The summed E-state index contributed by atoms with van der Waals surface area (Å²) in [6, 6.07) is 0. The van der Waals surface area contributed by atoms with Crippen LogP contribution in [0.1, 0.15) is 38.5 Å². The van der Waals surface area contributed by atoms with Crippen molar-refractivity contribution in [2.75, 3.05) is 33.2 Å². The van der Waals surface area contributed by atoms with E-state index in [1.807, 2.05) is 11.9 Å². The fraction of sp³-hybridized carbons (Fsp3) is 0.929.